The third kappa shape index (κ3) is 2.42. The lowest BCUT2D eigenvalue weighted by molar-refractivity contribution is -0.132. The zero-order valence-electron chi connectivity index (χ0n) is 12.7. The molecule has 2 heterocycles. The monoisotopic (exact) mass is 303 g/mol. The molecule has 1 saturated carbocycles. The maximum Gasteiger partial charge on any atom is 0.223 e. The largest absolute Gasteiger partial charge is 0.334 e. The van der Waals surface area contributed by atoms with Crippen LogP contribution < -0.4 is 10.6 Å². The molecule has 2 N–H and O–H groups in total. The van der Waals surface area contributed by atoms with Crippen LogP contribution in [0.5, 0.6) is 0 Å². The van der Waals surface area contributed by atoms with Gasteiger partial charge in [-0.15, -0.1) is 0 Å². The fourth-order valence-corrected chi connectivity index (χ4v) is 3.94. The molecule has 1 saturated heterocycles. The molecule has 4 rings (SSSR count). The Morgan fingerprint density at radius 3 is 2.91 bits per heavy atom. The van der Waals surface area contributed by atoms with E-state index in [2.05, 4.69) is 10.6 Å². The summed E-state index contributed by atoms with van der Waals surface area (Å²) in [5.41, 5.74) is 1.74. The van der Waals surface area contributed by atoms with Gasteiger partial charge in [0.15, 0.2) is 0 Å². The molecule has 1 amide bonds. The summed E-state index contributed by atoms with van der Waals surface area (Å²) < 4.78 is 13.8. The lowest BCUT2D eigenvalue weighted by Gasteiger charge is -2.29. The van der Waals surface area contributed by atoms with Crippen molar-refractivity contribution in [3.63, 3.8) is 0 Å². The first-order valence-corrected chi connectivity index (χ1v) is 8.18. The van der Waals surface area contributed by atoms with E-state index in [0.717, 1.165) is 25.2 Å². The predicted octanol–water partition coefficient (Wildman–Crippen LogP) is 1.75. The van der Waals surface area contributed by atoms with Gasteiger partial charge in [0, 0.05) is 43.8 Å². The number of hydrogen-bond donors (Lipinski definition) is 2. The molecule has 0 spiro atoms. The highest BCUT2D eigenvalue weighted by Crippen LogP contribution is 2.43. The van der Waals surface area contributed by atoms with E-state index in [1.54, 1.807) is 11.0 Å². The lowest BCUT2D eigenvalue weighted by Crippen LogP contribution is -2.45. The number of rotatable bonds is 4. The Morgan fingerprint density at radius 1 is 1.36 bits per heavy atom. The molecule has 0 unspecified atom stereocenters. The topological polar surface area (TPSA) is 44.4 Å². The number of carbonyl (C=O) groups is 1. The quantitative estimate of drug-likeness (QED) is 0.891. The number of fused-ring (bicyclic) bond motifs is 1. The summed E-state index contributed by atoms with van der Waals surface area (Å²) in [6, 6.07) is 5.11. The van der Waals surface area contributed by atoms with Crippen LogP contribution in [0.4, 0.5) is 4.39 Å². The van der Waals surface area contributed by atoms with Gasteiger partial charge in [-0.05, 0) is 36.8 Å². The smallest absolute Gasteiger partial charge is 0.223 e. The fraction of sp³-hybridized carbons (Fsp3) is 0.588. The summed E-state index contributed by atoms with van der Waals surface area (Å²) in [6.07, 6.45) is 3.95. The summed E-state index contributed by atoms with van der Waals surface area (Å²) in [4.78, 5) is 14.3. The van der Waals surface area contributed by atoms with Gasteiger partial charge in [-0.25, -0.2) is 4.39 Å². The molecule has 1 atom stereocenters. The normalized spacial score (nSPS) is 27.2. The summed E-state index contributed by atoms with van der Waals surface area (Å²) >= 11 is 0. The van der Waals surface area contributed by atoms with Gasteiger partial charge in [0.25, 0.3) is 0 Å². The minimum Gasteiger partial charge on any atom is -0.334 e. The number of halogens is 1. The minimum atomic E-state index is -0.191. The highest BCUT2D eigenvalue weighted by Gasteiger charge is 2.46. The van der Waals surface area contributed by atoms with Crippen LogP contribution in [0.1, 0.15) is 36.8 Å². The maximum absolute atomic E-state index is 13.8. The van der Waals surface area contributed by atoms with Crippen molar-refractivity contribution in [1.29, 1.82) is 0 Å². The molecule has 1 aromatic rings. The molecular formula is C17H22FN3O. The Labute approximate surface area is 130 Å². The van der Waals surface area contributed by atoms with Crippen LogP contribution in [0, 0.1) is 11.7 Å². The third-order valence-corrected chi connectivity index (χ3v) is 5.43. The van der Waals surface area contributed by atoms with Crippen molar-refractivity contribution in [2.75, 3.05) is 13.2 Å². The Kier molecular flexibility index (Phi) is 3.42. The predicted molar refractivity (Wildman–Crippen MR) is 81.3 cm³/mol. The number of nitrogens with zero attached hydrogens (tertiary/aromatic N) is 1. The van der Waals surface area contributed by atoms with Gasteiger partial charge < -0.3 is 10.2 Å². The summed E-state index contributed by atoms with van der Waals surface area (Å²) in [7, 11) is 0. The average molecular weight is 303 g/mol. The van der Waals surface area contributed by atoms with E-state index in [-0.39, 0.29) is 17.3 Å². The fourth-order valence-electron chi connectivity index (χ4n) is 3.94. The van der Waals surface area contributed by atoms with Crippen LogP contribution in [0.2, 0.25) is 0 Å². The first-order valence-electron chi connectivity index (χ1n) is 8.18. The van der Waals surface area contributed by atoms with Gasteiger partial charge in [0.2, 0.25) is 5.91 Å². The summed E-state index contributed by atoms with van der Waals surface area (Å²) in [6.45, 7) is 2.77. The SMILES string of the molecule is O=C(CC[C@]1(C2CC2)CNCN1)N1Cc2cccc(F)c2C1. The molecule has 1 aromatic carbocycles. The van der Waals surface area contributed by atoms with Crippen molar-refractivity contribution < 1.29 is 9.18 Å². The van der Waals surface area contributed by atoms with Gasteiger partial charge >= 0.3 is 0 Å². The third-order valence-electron chi connectivity index (χ3n) is 5.43. The molecule has 5 heteroatoms. The highest BCUT2D eigenvalue weighted by molar-refractivity contribution is 5.77. The first kappa shape index (κ1) is 14.2. The van der Waals surface area contributed by atoms with E-state index >= 15 is 0 Å². The average Bonchev–Trinajstić information content (AvgIpc) is 3.11. The van der Waals surface area contributed by atoms with Gasteiger partial charge in [-0.3, -0.25) is 10.1 Å². The van der Waals surface area contributed by atoms with Crippen LogP contribution in [0.25, 0.3) is 0 Å². The molecule has 0 radical (unpaired) electrons. The van der Waals surface area contributed by atoms with Gasteiger partial charge in [0.05, 0.1) is 0 Å². The molecule has 118 valence electrons. The Hall–Kier alpha value is -1.46. The van der Waals surface area contributed by atoms with E-state index in [9.17, 15) is 9.18 Å². The number of nitrogens with one attached hydrogen (secondary N) is 2. The number of benzene rings is 1. The minimum absolute atomic E-state index is 0.105. The molecule has 1 aliphatic carbocycles. The van der Waals surface area contributed by atoms with E-state index in [1.165, 1.54) is 18.9 Å². The molecular weight excluding hydrogens is 281 g/mol. The second kappa shape index (κ2) is 5.32. The van der Waals surface area contributed by atoms with E-state index < -0.39 is 0 Å². The van der Waals surface area contributed by atoms with Crippen molar-refractivity contribution in [2.45, 2.75) is 44.3 Å². The van der Waals surface area contributed by atoms with Crippen LogP contribution >= 0.6 is 0 Å². The first-order chi connectivity index (χ1) is 10.7. The van der Waals surface area contributed by atoms with Crippen molar-refractivity contribution in [3.05, 3.63) is 35.1 Å². The molecule has 4 nitrogen and oxygen atoms in total. The van der Waals surface area contributed by atoms with E-state index in [1.807, 2.05) is 6.07 Å². The van der Waals surface area contributed by atoms with Gasteiger partial charge in [-0.1, -0.05) is 12.1 Å². The Morgan fingerprint density at radius 2 is 2.23 bits per heavy atom. The molecule has 0 aromatic heterocycles. The van der Waals surface area contributed by atoms with Gasteiger partial charge in [0.1, 0.15) is 5.82 Å². The van der Waals surface area contributed by atoms with Crippen molar-refractivity contribution >= 4 is 5.91 Å². The van der Waals surface area contributed by atoms with Crippen molar-refractivity contribution in [3.8, 4) is 0 Å². The van der Waals surface area contributed by atoms with Crippen LogP contribution in [0.3, 0.4) is 0 Å². The van der Waals surface area contributed by atoms with Crippen LogP contribution in [-0.4, -0.2) is 29.6 Å². The standard InChI is InChI=1S/C17H22FN3O/c18-15-3-1-2-12-8-21(9-14(12)15)16(22)6-7-17(13-4-5-13)10-19-11-20-17/h1-3,13,19-20H,4-11H2/t17-/m1/s1. The number of hydrogen-bond acceptors (Lipinski definition) is 3. The number of carbonyl (C=O) groups excluding carboxylic acids is 1. The summed E-state index contributed by atoms with van der Waals surface area (Å²) in [5.74, 6) is 0.664. The Bertz CT molecular complexity index is 594. The molecule has 3 aliphatic rings. The van der Waals surface area contributed by atoms with Crippen molar-refractivity contribution in [1.82, 2.24) is 15.5 Å². The zero-order valence-corrected chi connectivity index (χ0v) is 12.7. The van der Waals surface area contributed by atoms with Crippen molar-refractivity contribution in [2.24, 2.45) is 5.92 Å². The molecule has 0 bridgehead atoms. The van der Waals surface area contributed by atoms with E-state index in [4.69, 9.17) is 0 Å². The maximum atomic E-state index is 13.8. The van der Waals surface area contributed by atoms with Crippen LogP contribution in [0.15, 0.2) is 18.2 Å². The second-order valence-electron chi connectivity index (χ2n) is 6.84. The lowest BCUT2D eigenvalue weighted by atomic mass is 9.88. The summed E-state index contributed by atoms with van der Waals surface area (Å²) in [5, 5.41) is 6.93. The van der Waals surface area contributed by atoms with Gasteiger partial charge in [-0.2, -0.15) is 0 Å². The Balaban J connectivity index is 1.38. The molecule has 2 aliphatic heterocycles. The second-order valence-corrected chi connectivity index (χ2v) is 6.84. The van der Waals surface area contributed by atoms with E-state index in [0.29, 0.717) is 31.0 Å². The van der Waals surface area contributed by atoms with Crippen LogP contribution in [-0.2, 0) is 17.9 Å². The highest BCUT2D eigenvalue weighted by atomic mass is 19.1. The molecule has 22 heavy (non-hydrogen) atoms. The zero-order chi connectivity index (χ0) is 15.2. The molecule has 2 fully saturated rings. The number of amides is 1.